The Balaban J connectivity index is 1.91. The van der Waals surface area contributed by atoms with Crippen LogP contribution in [0.5, 0.6) is 0 Å². The molecule has 0 unspecified atom stereocenters. The summed E-state index contributed by atoms with van der Waals surface area (Å²) in [5.41, 5.74) is 7.45. The molecule has 1 heterocycles. The predicted octanol–water partition coefficient (Wildman–Crippen LogP) is 0.915. The molecule has 3 N–H and O–H groups in total. The van der Waals surface area contributed by atoms with E-state index in [2.05, 4.69) is 26.8 Å². The second kappa shape index (κ2) is 6.38. The number of rotatable bonds is 3. The van der Waals surface area contributed by atoms with Gasteiger partial charge in [0.15, 0.2) is 5.69 Å². The molecule has 0 atom stereocenters. The number of nitrogens with two attached hydrogens (primary N) is 1. The zero-order valence-electron chi connectivity index (χ0n) is 10.2. The molecule has 0 spiro atoms. The first-order valence-corrected chi connectivity index (χ1v) is 5.76. The van der Waals surface area contributed by atoms with Crippen molar-refractivity contribution in [3.8, 4) is 11.8 Å². The molecule has 5 nitrogen and oxygen atoms in total. The Bertz CT molecular complexity index is 592. The molecule has 96 valence electrons. The fraction of sp³-hybridized carbons (Fsp3) is 0.143. The van der Waals surface area contributed by atoms with Crippen LogP contribution in [0.4, 0.5) is 0 Å². The molecule has 0 aliphatic heterocycles. The lowest BCUT2D eigenvalue weighted by molar-refractivity contribution is 0.0942. The number of carbonyl (C=O) groups is 1. The van der Waals surface area contributed by atoms with E-state index in [-0.39, 0.29) is 11.6 Å². The zero-order chi connectivity index (χ0) is 13.5. The highest BCUT2D eigenvalue weighted by Crippen LogP contribution is 2.03. The number of aromatic nitrogens is 1. The van der Waals surface area contributed by atoms with E-state index in [1.54, 1.807) is 0 Å². The van der Waals surface area contributed by atoms with Crippen molar-refractivity contribution in [1.29, 1.82) is 0 Å². The van der Waals surface area contributed by atoms with Crippen LogP contribution < -0.4 is 11.1 Å². The number of hydrogen-bond donors (Lipinski definition) is 2. The minimum atomic E-state index is -0.263. The SMILES string of the molecule is NCC#Cc1ccc(CNC(=O)c2ccon2)cc1. The number of hydrogen-bond acceptors (Lipinski definition) is 4. The third-order valence-corrected chi connectivity index (χ3v) is 2.41. The van der Waals surface area contributed by atoms with E-state index in [0.717, 1.165) is 11.1 Å². The van der Waals surface area contributed by atoms with Gasteiger partial charge in [-0.1, -0.05) is 29.1 Å². The molecular formula is C14H13N3O2. The molecular weight excluding hydrogens is 242 g/mol. The normalized spacial score (nSPS) is 9.53. The molecule has 0 saturated carbocycles. The van der Waals surface area contributed by atoms with Gasteiger partial charge in [-0.3, -0.25) is 4.79 Å². The highest BCUT2D eigenvalue weighted by molar-refractivity contribution is 5.91. The lowest BCUT2D eigenvalue weighted by Gasteiger charge is -2.03. The van der Waals surface area contributed by atoms with Gasteiger partial charge in [-0.25, -0.2) is 0 Å². The van der Waals surface area contributed by atoms with Crippen molar-refractivity contribution in [1.82, 2.24) is 10.5 Å². The summed E-state index contributed by atoms with van der Waals surface area (Å²) in [6.07, 6.45) is 1.36. The largest absolute Gasteiger partial charge is 0.364 e. The van der Waals surface area contributed by atoms with Crippen molar-refractivity contribution in [3.63, 3.8) is 0 Å². The predicted molar refractivity (Wildman–Crippen MR) is 70.0 cm³/mol. The maximum Gasteiger partial charge on any atom is 0.273 e. The zero-order valence-corrected chi connectivity index (χ0v) is 10.2. The van der Waals surface area contributed by atoms with Gasteiger partial charge in [0.2, 0.25) is 0 Å². The second-order valence-electron chi connectivity index (χ2n) is 3.77. The van der Waals surface area contributed by atoms with Gasteiger partial charge < -0.3 is 15.6 Å². The minimum absolute atomic E-state index is 0.263. The highest BCUT2D eigenvalue weighted by Gasteiger charge is 2.07. The van der Waals surface area contributed by atoms with Crippen LogP contribution in [-0.2, 0) is 6.54 Å². The van der Waals surface area contributed by atoms with Crippen LogP contribution in [0.3, 0.4) is 0 Å². The Morgan fingerprint density at radius 3 is 2.74 bits per heavy atom. The molecule has 2 rings (SSSR count). The van der Waals surface area contributed by atoms with Crippen LogP contribution in [0.25, 0.3) is 0 Å². The van der Waals surface area contributed by atoms with Crippen LogP contribution >= 0.6 is 0 Å². The van der Waals surface area contributed by atoms with E-state index >= 15 is 0 Å². The quantitative estimate of drug-likeness (QED) is 0.799. The summed E-state index contributed by atoms with van der Waals surface area (Å²) >= 11 is 0. The van der Waals surface area contributed by atoms with Crippen molar-refractivity contribution in [2.75, 3.05) is 6.54 Å². The number of amides is 1. The number of benzene rings is 1. The van der Waals surface area contributed by atoms with Crippen molar-refractivity contribution < 1.29 is 9.32 Å². The standard InChI is InChI=1S/C14H13N3O2/c15-8-1-2-11-3-5-12(6-4-11)10-16-14(18)13-7-9-19-17-13/h3-7,9H,8,10,15H2,(H,16,18). The topological polar surface area (TPSA) is 81.1 Å². The number of nitrogens with zero attached hydrogens (tertiary/aromatic N) is 1. The summed E-state index contributed by atoms with van der Waals surface area (Å²) in [6.45, 7) is 0.770. The van der Waals surface area contributed by atoms with E-state index in [1.807, 2.05) is 24.3 Å². The molecule has 19 heavy (non-hydrogen) atoms. The molecule has 1 aromatic carbocycles. The maximum absolute atomic E-state index is 11.6. The molecule has 5 heteroatoms. The van der Waals surface area contributed by atoms with Crippen LogP contribution in [0.2, 0.25) is 0 Å². The Kier molecular flexibility index (Phi) is 4.32. The molecule has 2 aromatic rings. The van der Waals surface area contributed by atoms with Crippen LogP contribution in [0.1, 0.15) is 21.6 Å². The van der Waals surface area contributed by atoms with Gasteiger partial charge in [-0.2, -0.15) is 0 Å². The Morgan fingerprint density at radius 1 is 1.32 bits per heavy atom. The van der Waals surface area contributed by atoms with Gasteiger partial charge in [0.1, 0.15) is 6.26 Å². The summed E-state index contributed by atoms with van der Waals surface area (Å²) in [5.74, 6) is 5.45. The molecule has 0 aliphatic carbocycles. The van der Waals surface area contributed by atoms with E-state index in [9.17, 15) is 4.79 Å². The number of nitrogens with one attached hydrogen (secondary N) is 1. The van der Waals surface area contributed by atoms with E-state index < -0.39 is 0 Å². The van der Waals surface area contributed by atoms with E-state index in [4.69, 9.17) is 5.73 Å². The number of carbonyl (C=O) groups excluding carboxylic acids is 1. The van der Waals surface area contributed by atoms with Gasteiger partial charge in [0.05, 0.1) is 6.54 Å². The van der Waals surface area contributed by atoms with Gasteiger partial charge in [0, 0.05) is 18.2 Å². The van der Waals surface area contributed by atoms with Gasteiger partial charge in [0.25, 0.3) is 5.91 Å². The van der Waals surface area contributed by atoms with Crippen molar-refractivity contribution in [3.05, 3.63) is 53.4 Å². The maximum atomic E-state index is 11.6. The summed E-state index contributed by atoms with van der Waals surface area (Å²) in [4.78, 5) is 11.6. The van der Waals surface area contributed by atoms with Crippen molar-refractivity contribution in [2.45, 2.75) is 6.54 Å². The first-order chi connectivity index (χ1) is 9.29. The van der Waals surface area contributed by atoms with Crippen LogP contribution in [-0.4, -0.2) is 17.6 Å². The fourth-order valence-electron chi connectivity index (χ4n) is 1.46. The second-order valence-corrected chi connectivity index (χ2v) is 3.77. The van der Waals surface area contributed by atoms with Gasteiger partial charge >= 0.3 is 0 Å². The van der Waals surface area contributed by atoms with Crippen LogP contribution in [0, 0.1) is 11.8 Å². The lowest BCUT2D eigenvalue weighted by Crippen LogP contribution is -2.22. The molecule has 0 bridgehead atoms. The molecule has 1 amide bonds. The molecule has 0 radical (unpaired) electrons. The first kappa shape index (κ1) is 12.9. The van der Waals surface area contributed by atoms with E-state index in [0.29, 0.717) is 13.1 Å². The first-order valence-electron chi connectivity index (χ1n) is 5.76. The summed E-state index contributed by atoms with van der Waals surface area (Å²) in [7, 11) is 0. The monoisotopic (exact) mass is 255 g/mol. The lowest BCUT2D eigenvalue weighted by atomic mass is 10.1. The van der Waals surface area contributed by atoms with Crippen molar-refractivity contribution in [2.24, 2.45) is 5.73 Å². The smallest absolute Gasteiger partial charge is 0.273 e. The third-order valence-electron chi connectivity index (χ3n) is 2.41. The van der Waals surface area contributed by atoms with Crippen molar-refractivity contribution >= 4 is 5.91 Å². The Morgan fingerprint density at radius 2 is 2.11 bits per heavy atom. The van der Waals surface area contributed by atoms with Gasteiger partial charge in [-0.05, 0) is 17.7 Å². The van der Waals surface area contributed by atoms with Gasteiger partial charge in [-0.15, -0.1) is 0 Å². The molecule has 0 fully saturated rings. The molecule has 0 saturated heterocycles. The molecule has 0 aliphatic rings. The average molecular weight is 255 g/mol. The third kappa shape index (κ3) is 3.69. The summed E-state index contributed by atoms with van der Waals surface area (Å²) < 4.78 is 4.60. The summed E-state index contributed by atoms with van der Waals surface area (Å²) in [5, 5.41) is 6.31. The molecule has 1 aromatic heterocycles. The highest BCUT2D eigenvalue weighted by atomic mass is 16.5. The minimum Gasteiger partial charge on any atom is -0.364 e. The van der Waals surface area contributed by atoms with E-state index in [1.165, 1.54) is 12.3 Å². The fourth-order valence-corrected chi connectivity index (χ4v) is 1.46. The Hall–Kier alpha value is -2.58. The summed E-state index contributed by atoms with van der Waals surface area (Å²) in [6, 6.07) is 9.11. The average Bonchev–Trinajstić information content (AvgIpc) is 2.98. The Labute approximate surface area is 110 Å². The van der Waals surface area contributed by atoms with Crippen LogP contribution in [0.15, 0.2) is 41.1 Å².